The van der Waals surface area contributed by atoms with E-state index in [-0.39, 0.29) is 18.1 Å². The summed E-state index contributed by atoms with van der Waals surface area (Å²) in [7, 11) is 0. The van der Waals surface area contributed by atoms with Gasteiger partial charge in [0.2, 0.25) is 5.91 Å². The molecule has 0 aromatic heterocycles. The van der Waals surface area contributed by atoms with E-state index in [0.717, 1.165) is 19.3 Å². The van der Waals surface area contributed by atoms with Crippen molar-refractivity contribution in [2.45, 2.75) is 44.8 Å². The van der Waals surface area contributed by atoms with Gasteiger partial charge in [0.1, 0.15) is 0 Å². The van der Waals surface area contributed by atoms with E-state index in [1.807, 2.05) is 6.92 Å². The van der Waals surface area contributed by atoms with E-state index in [0.29, 0.717) is 19.5 Å². The van der Waals surface area contributed by atoms with Crippen molar-refractivity contribution in [3.8, 4) is 0 Å². The minimum Gasteiger partial charge on any atom is -0.391 e. The number of aliphatic hydroxyl groups is 1. The molecule has 1 aliphatic heterocycles. The summed E-state index contributed by atoms with van der Waals surface area (Å²) < 4.78 is 0. The number of carbonyl (C=O) groups excluding carboxylic acids is 1. The van der Waals surface area contributed by atoms with E-state index in [9.17, 15) is 9.90 Å². The Morgan fingerprint density at radius 3 is 2.93 bits per heavy atom. The lowest BCUT2D eigenvalue weighted by molar-refractivity contribution is -0.130. The van der Waals surface area contributed by atoms with Gasteiger partial charge in [-0.1, -0.05) is 0 Å². The van der Waals surface area contributed by atoms with Crippen molar-refractivity contribution in [3.63, 3.8) is 0 Å². The molecule has 1 rings (SSSR count). The fourth-order valence-corrected chi connectivity index (χ4v) is 1.70. The Kier molecular flexibility index (Phi) is 4.35. The molecule has 1 heterocycles. The molecule has 1 amide bonds. The van der Waals surface area contributed by atoms with E-state index in [1.165, 1.54) is 0 Å². The molecule has 0 aromatic carbocycles. The summed E-state index contributed by atoms with van der Waals surface area (Å²) in [5, 5.41) is 9.25. The highest BCUT2D eigenvalue weighted by molar-refractivity contribution is 5.76. The van der Waals surface area contributed by atoms with Crippen LogP contribution in [0.15, 0.2) is 0 Å². The zero-order valence-corrected chi connectivity index (χ0v) is 8.78. The van der Waals surface area contributed by atoms with Gasteiger partial charge in [-0.3, -0.25) is 4.79 Å². The van der Waals surface area contributed by atoms with Crippen molar-refractivity contribution < 1.29 is 9.90 Å². The molecule has 0 radical (unpaired) electrons. The molecule has 0 spiro atoms. The topological polar surface area (TPSA) is 66.6 Å². The van der Waals surface area contributed by atoms with E-state index in [4.69, 9.17) is 5.73 Å². The number of hydrogen-bond donors (Lipinski definition) is 2. The SMILES string of the molecule is CC(N)CCCC(=O)N1CC[C@H](O)C1. The second-order valence-electron chi connectivity index (χ2n) is 4.15. The highest BCUT2D eigenvalue weighted by Gasteiger charge is 2.23. The molecule has 1 aliphatic rings. The molecule has 4 nitrogen and oxygen atoms in total. The average molecular weight is 200 g/mol. The molecule has 1 unspecified atom stereocenters. The lowest BCUT2D eigenvalue weighted by Crippen LogP contribution is -2.29. The first-order chi connectivity index (χ1) is 6.59. The smallest absolute Gasteiger partial charge is 0.222 e. The fourth-order valence-electron chi connectivity index (χ4n) is 1.70. The molecular weight excluding hydrogens is 180 g/mol. The van der Waals surface area contributed by atoms with Crippen LogP contribution in [0.2, 0.25) is 0 Å². The maximum atomic E-state index is 11.5. The summed E-state index contributed by atoms with van der Waals surface area (Å²) >= 11 is 0. The second kappa shape index (κ2) is 5.32. The Labute approximate surface area is 85.1 Å². The molecule has 0 aliphatic carbocycles. The van der Waals surface area contributed by atoms with Crippen LogP contribution in [0.1, 0.15) is 32.6 Å². The Balaban J connectivity index is 2.15. The van der Waals surface area contributed by atoms with Crippen LogP contribution in [-0.4, -0.2) is 41.1 Å². The molecule has 0 saturated carbocycles. The van der Waals surface area contributed by atoms with Crippen molar-refractivity contribution in [1.29, 1.82) is 0 Å². The molecule has 1 saturated heterocycles. The van der Waals surface area contributed by atoms with Crippen LogP contribution in [0.3, 0.4) is 0 Å². The Morgan fingerprint density at radius 2 is 2.43 bits per heavy atom. The number of rotatable bonds is 4. The predicted octanol–water partition coefficient (Wildman–Crippen LogP) is 0.0971. The van der Waals surface area contributed by atoms with Crippen LogP contribution in [0.25, 0.3) is 0 Å². The highest BCUT2D eigenvalue weighted by atomic mass is 16.3. The lowest BCUT2D eigenvalue weighted by Gasteiger charge is -2.15. The molecule has 0 bridgehead atoms. The van der Waals surface area contributed by atoms with Gasteiger partial charge in [-0.2, -0.15) is 0 Å². The van der Waals surface area contributed by atoms with Crippen molar-refractivity contribution in [2.24, 2.45) is 5.73 Å². The standard InChI is InChI=1S/C10H20N2O2/c1-8(11)3-2-4-10(14)12-6-5-9(13)7-12/h8-9,13H,2-7,11H2,1H3/t8?,9-/m0/s1. The average Bonchev–Trinajstić information content (AvgIpc) is 2.51. The van der Waals surface area contributed by atoms with E-state index >= 15 is 0 Å². The third kappa shape index (κ3) is 3.64. The largest absolute Gasteiger partial charge is 0.391 e. The van der Waals surface area contributed by atoms with Gasteiger partial charge in [0.05, 0.1) is 6.10 Å². The molecular formula is C10H20N2O2. The zero-order chi connectivity index (χ0) is 10.6. The van der Waals surface area contributed by atoms with Crippen LogP contribution in [0.5, 0.6) is 0 Å². The molecule has 4 heteroatoms. The molecule has 14 heavy (non-hydrogen) atoms. The summed E-state index contributed by atoms with van der Waals surface area (Å²) in [6.45, 7) is 3.17. The first-order valence-electron chi connectivity index (χ1n) is 5.31. The summed E-state index contributed by atoms with van der Waals surface area (Å²) in [5.74, 6) is 0.155. The highest BCUT2D eigenvalue weighted by Crippen LogP contribution is 2.11. The number of aliphatic hydroxyl groups excluding tert-OH is 1. The monoisotopic (exact) mass is 200 g/mol. The van der Waals surface area contributed by atoms with E-state index in [1.54, 1.807) is 4.90 Å². The number of nitrogens with zero attached hydrogens (tertiary/aromatic N) is 1. The Morgan fingerprint density at radius 1 is 1.71 bits per heavy atom. The van der Waals surface area contributed by atoms with Crippen LogP contribution in [0.4, 0.5) is 0 Å². The zero-order valence-electron chi connectivity index (χ0n) is 8.78. The number of β-amino-alcohol motifs (C(OH)–C–C–N with tert-alkyl or cyclic N) is 1. The van der Waals surface area contributed by atoms with Crippen molar-refractivity contribution in [2.75, 3.05) is 13.1 Å². The van der Waals surface area contributed by atoms with Gasteiger partial charge in [0.15, 0.2) is 0 Å². The molecule has 3 N–H and O–H groups in total. The number of nitrogens with two attached hydrogens (primary N) is 1. The lowest BCUT2D eigenvalue weighted by atomic mass is 10.1. The summed E-state index contributed by atoms with van der Waals surface area (Å²) in [4.78, 5) is 13.3. The van der Waals surface area contributed by atoms with Crippen LogP contribution in [0, 0.1) is 0 Å². The van der Waals surface area contributed by atoms with Crippen LogP contribution >= 0.6 is 0 Å². The normalized spacial score (nSPS) is 23.9. The third-order valence-electron chi connectivity index (χ3n) is 2.57. The first-order valence-corrected chi connectivity index (χ1v) is 5.31. The minimum absolute atomic E-state index is 0.155. The number of carbonyl (C=O) groups is 1. The molecule has 82 valence electrons. The van der Waals surface area contributed by atoms with Gasteiger partial charge in [0, 0.05) is 25.6 Å². The van der Waals surface area contributed by atoms with Crippen molar-refractivity contribution in [1.82, 2.24) is 4.90 Å². The Hall–Kier alpha value is -0.610. The number of likely N-dealkylation sites (tertiary alicyclic amines) is 1. The summed E-state index contributed by atoms with van der Waals surface area (Å²) in [6, 6.07) is 0.173. The van der Waals surface area contributed by atoms with Crippen LogP contribution in [-0.2, 0) is 4.79 Å². The number of hydrogen-bond acceptors (Lipinski definition) is 3. The van der Waals surface area contributed by atoms with Gasteiger partial charge >= 0.3 is 0 Å². The first kappa shape index (κ1) is 11.5. The molecule has 1 fully saturated rings. The van der Waals surface area contributed by atoms with Gasteiger partial charge in [0.25, 0.3) is 0 Å². The summed E-state index contributed by atoms with van der Waals surface area (Å²) in [5.41, 5.74) is 5.59. The van der Waals surface area contributed by atoms with Crippen molar-refractivity contribution >= 4 is 5.91 Å². The maximum absolute atomic E-state index is 11.5. The van der Waals surface area contributed by atoms with Gasteiger partial charge in [-0.05, 0) is 26.2 Å². The van der Waals surface area contributed by atoms with Crippen molar-refractivity contribution in [3.05, 3.63) is 0 Å². The maximum Gasteiger partial charge on any atom is 0.222 e. The quantitative estimate of drug-likeness (QED) is 0.676. The minimum atomic E-state index is -0.313. The second-order valence-corrected chi connectivity index (χ2v) is 4.15. The third-order valence-corrected chi connectivity index (χ3v) is 2.57. The molecule has 2 atom stereocenters. The fraction of sp³-hybridized carbons (Fsp3) is 0.900. The van der Waals surface area contributed by atoms with Crippen LogP contribution < -0.4 is 5.73 Å². The Bertz CT molecular complexity index is 195. The van der Waals surface area contributed by atoms with E-state index in [2.05, 4.69) is 0 Å². The van der Waals surface area contributed by atoms with Gasteiger partial charge in [-0.15, -0.1) is 0 Å². The summed E-state index contributed by atoms with van der Waals surface area (Å²) in [6.07, 6.45) is 2.71. The predicted molar refractivity (Wildman–Crippen MR) is 54.7 cm³/mol. The molecule has 0 aromatic rings. The van der Waals surface area contributed by atoms with Gasteiger partial charge < -0.3 is 15.7 Å². The van der Waals surface area contributed by atoms with E-state index < -0.39 is 0 Å². The number of amides is 1. The van der Waals surface area contributed by atoms with Gasteiger partial charge in [-0.25, -0.2) is 0 Å².